The van der Waals surface area contributed by atoms with Crippen molar-refractivity contribution in [2.75, 3.05) is 7.05 Å². The van der Waals surface area contributed by atoms with E-state index in [4.69, 9.17) is 11.6 Å². The third kappa shape index (κ3) is 2.69. The third-order valence-corrected chi connectivity index (χ3v) is 3.02. The number of hydrogen-bond acceptors (Lipinski definition) is 2. The first-order valence-corrected chi connectivity index (χ1v) is 5.91. The number of benzene rings is 2. The summed E-state index contributed by atoms with van der Waals surface area (Å²) in [5.41, 5.74) is 1.29. The molecule has 2 aromatic carbocycles. The van der Waals surface area contributed by atoms with E-state index in [0.29, 0.717) is 11.1 Å². The first-order chi connectivity index (χ1) is 9.02. The highest BCUT2D eigenvalue weighted by Crippen LogP contribution is 2.30. The maximum Gasteiger partial charge on any atom is 0.254 e. The van der Waals surface area contributed by atoms with Crippen LogP contribution in [0.15, 0.2) is 36.4 Å². The Bertz CT molecular complexity index is 643. The molecule has 0 atom stereocenters. The van der Waals surface area contributed by atoms with Crippen molar-refractivity contribution in [1.29, 1.82) is 0 Å². The molecule has 0 heterocycles. The van der Waals surface area contributed by atoms with Crippen molar-refractivity contribution in [1.82, 2.24) is 5.32 Å². The van der Waals surface area contributed by atoms with Gasteiger partial charge in [0.2, 0.25) is 0 Å². The summed E-state index contributed by atoms with van der Waals surface area (Å²) in [6.45, 7) is 0. The molecule has 0 saturated heterocycles. The van der Waals surface area contributed by atoms with Crippen LogP contribution in [-0.4, -0.2) is 18.1 Å². The Morgan fingerprint density at radius 1 is 1.21 bits per heavy atom. The number of amides is 1. The fourth-order valence-electron chi connectivity index (χ4n) is 1.70. The van der Waals surface area contributed by atoms with Crippen LogP contribution in [0.1, 0.15) is 10.4 Å². The molecular formula is C14H11ClFNO2. The van der Waals surface area contributed by atoms with E-state index in [9.17, 15) is 14.3 Å². The van der Waals surface area contributed by atoms with Crippen molar-refractivity contribution in [3.8, 4) is 16.9 Å². The van der Waals surface area contributed by atoms with Gasteiger partial charge in [-0.25, -0.2) is 4.39 Å². The van der Waals surface area contributed by atoms with Crippen LogP contribution in [0.5, 0.6) is 5.75 Å². The van der Waals surface area contributed by atoms with E-state index in [1.807, 2.05) is 0 Å². The van der Waals surface area contributed by atoms with Crippen molar-refractivity contribution in [3.63, 3.8) is 0 Å². The van der Waals surface area contributed by atoms with Gasteiger partial charge in [0.25, 0.3) is 5.91 Å². The third-order valence-electron chi connectivity index (χ3n) is 2.72. The van der Waals surface area contributed by atoms with Gasteiger partial charge in [0, 0.05) is 7.05 Å². The number of phenolic OH excluding ortho intramolecular Hbond substituents is 1. The predicted molar refractivity (Wildman–Crippen MR) is 71.9 cm³/mol. The predicted octanol–water partition coefficient (Wildman–Crippen LogP) is 3.21. The summed E-state index contributed by atoms with van der Waals surface area (Å²) in [4.78, 5) is 11.5. The number of carbonyl (C=O) groups excluding carboxylic acids is 1. The fourth-order valence-corrected chi connectivity index (χ4v) is 1.88. The van der Waals surface area contributed by atoms with Gasteiger partial charge in [0.15, 0.2) is 0 Å². The van der Waals surface area contributed by atoms with Gasteiger partial charge in [-0.05, 0) is 35.4 Å². The molecule has 98 valence electrons. The molecule has 0 unspecified atom stereocenters. The number of aromatic hydroxyl groups is 1. The van der Waals surface area contributed by atoms with E-state index >= 15 is 0 Å². The number of phenols is 1. The number of halogens is 2. The van der Waals surface area contributed by atoms with Crippen LogP contribution in [0.25, 0.3) is 11.1 Å². The Morgan fingerprint density at radius 2 is 1.84 bits per heavy atom. The second kappa shape index (κ2) is 5.28. The monoisotopic (exact) mass is 279 g/mol. The van der Waals surface area contributed by atoms with Crippen molar-refractivity contribution >= 4 is 17.5 Å². The summed E-state index contributed by atoms with van der Waals surface area (Å²) < 4.78 is 13.5. The molecule has 5 heteroatoms. The highest BCUT2D eigenvalue weighted by molar-refractivity contribution is 6.32. The second-order valence-electron chi connectivity index (χ2n) is 3.94. The van der Waals surface area contributed by atoms with Crippen LogP contribution in [0.3, 0.4) is 0 Å². The fraction of sp³-hybridized carbons (Fsp3) is 0.0714. The average Bonchev–Trinajstić information content (AvgIpc) is 2.41. The van der Waals surface area contributed by atoms with E-state index in [0.717, 1.165) is 0 Å². The largest absolute Gasteiger partial charge is 0.506 e. The van der Waals surface area contributed by atoms with E-state index < -0.39 is 11.7 Å². The Hall–Kier alpha value is -2.07. The highest BCUT2D eigenvalue weighted by atomic mass is 35.5. The maximum atomic E-state index is 13.5. The second-order valence-corrected chi connectivity index (χ2v) is 4.35. The topological polar surface area (TPSA) is 49.3 Å². The van der Waals surface area contributed by atoms with Crippen LogP contribution in [0.2, 0.25) is 5.02 Å². The number of hydrogen-bond donors (Lipinski definition) is 2. The summed E-state index contributed by atoms with van der Waals surface area (Å²) in [5.74, 6) is -1.11. The van der Waals surface area contributed by atoms with Crippen LogP contribution in [0, 0.1) is 5.82 Å². The Kier molecular flexibility index (Phi) is 3.71. The summed E-state index contributed by atoms with van der Waals surface area (Å²) in [6, 6.07) is 8.85. The minimum Gasteiger partial charge on any atom is -0.506 e. The zero-order chi connectivity index (χ0) is 14.0. The molecule has 0 fully saturated rings. The smallest absolute Gasteiger partial charge is 0.254 e. The Morgan fingerprint density at radius 3 is 2.47 bits per heavy atom. The Balaban J connectivity index is 2.51. The van der Waals surface area contributed by atoms with Gasteiger partial charge in [-0.3, -0.25) is 4.79 Å². The lowest BCUT2D eigenvalue weighted by molar-refractivity contribution is 0.0959. The van der Waals surface area contributed by atoms with Crippen LogP contribution < -0.4 is 5.32 Å². The SMILES string of the molecule is CNC(=O)c1cc(-c2ccc(O)c(Cl)c2)ccc1F. The standard InChI is InChI=1S/C14H11ClFNO2/c1-17-14(19)10-6-8(2-4-12(10)16)9-3-5-13(18)11(15)7-9/h2-7,18H,1H3,(H,17,19). The van der Waals surface area contributed by atoms with Crippen molar-refractivity contribution < 1.29 is 14.3 Å². The lowest BCUT2D eigenvalue weighted by Gasteiger charge is -2.07. The van der Waals surface area contributed by atoms with Gasteiger partial charge < -0.3 is 10.4 Å². The van der Waals surface area contributed by atoms with Crippen LogP contribution >= 0.6 is 11.6 Å². The molecule has 0 aliphatic carbocycles. The summed E-state index contributed by atoms with van der Waals surface area (Å²) in [7, 11) is 1.44. The number of carbonyl (C=O) groups is 1. The molecule has 0 aromatic heterocycles. The molecule has 0 bridgehead atoms. The minimum absolute atomic E-state index is 0.0287. The lowest BCUT2D eigenvalue weighted by Crippen LogP contribution is -2.19. The zero-order valence-electron chi connectivity index (χ0n) is 10.1. The molecule has 0 radical (unpaired) electrons. The van der Waals surface area contributed by atoms with E-state index in [2.05, 4.69) is 5.32 Å². The summed E-state index contributed by atoms with van der Waals surface area (Å²) in [5, 5.41) is 11.9. The zero-order valence-corrected chi connectivity index (χ0v) is 10.8. The van der Waals surface area contributed by atoms with Crippen molar-refractivity contribution in [2.24, 2.45) is 0 Å². The van der Waals surface area contributed by atoms with E-state index in [1.54, 1.807) is 18.2 Å². The van der Waals surface area contributed by atoms with Crippen molar-refractivity contribution in [2.45, 2.75) is 0 Å². The molecule has 0 spiro atoms. The van der Waals surface area contributed by atoms with Gasteiger partial charge in [-0.1, -0.05) is 23.7 Å². The number of rotatable bonds is 2. The van der Waals surface area contributed by atoms with Crippen LogP contribution in [-0.2, 0) is 0 Å². The first kappa shape index (κ1) is 13.4. The molecule has 0 aliphatic heterocycles. The molecule has 0 aliphatic rings. The molecule has 1 amide bonds. The highest BCUT2D eigenvalue weighted by Gasteiger charge is 2.12. The number of nitrogens with one attached hydrogen (secondary N) is 1. The molecule has 2 N–H and O–H groups in total. The van der Waals surface area contributed by atoms with E-state index in [1.165, 1.54) is 25.2 Å². The van der Waals surface area contributed by atoms with Gasteiger partial charge in [-0.2, -0.15) is 0 Å². The lowest BCUT2D eigenvalue weighted by atomic mass is 10.0. The Labute approximate surface area is 114 Å². The van der Waals surface area contributed by atoms with Gasteiger partial charge in [0.05, 0.1) is 10.6 Å². The van der Waals surface area contributed by atoms with Crippen LogP contribution in [0.4, 0.5) is 4.39 Å². The molecule has 3 nitrogen and oxygen atoms in total. The minimum atomic E-state index is -0.590. The first-order valence-electron chi connectivity index (χ1n) is 5.53. The summed E-state index contributed by atoms with van der Waals surface area (Å²) in [6.07, 6.45) is 0. The molecule has 0 saturated carbocycles. The molecule has 2 rings (SSSR count). The van der Waals surface area contributed by atoms with E-state index in [-0.39, 0.29) is 16.3 Å². The van der Waals surface area contributed by atoms with Gasteiger partial charge >= 0.3 is 0 Å². The molecule has 2 aromatic rings. The van der Waals surface area contributed by atoms with Gasteiger partial charge in [0.1, 0.15) is 11.6 Å². The average molecular weight is 280 g/mol. The molecular weight excluding hydrogens is 269 g/mol. The maximum absolute atomic E-state index is 13.5. The quantitative estimate of drug-likeness (QED) is 0.887. The normalized spacial score (nSPS) is 10.3. The summed E-state index contributed by atoms with van der Waals surface area (Å²) >= 11 is 5.82. The molecule has 19 heavy (non-hydrogen) atoms. The van der Waals surface area contributed by atoms with Crippen molar-refractivity contribution in [3.05, 3.63) is 52.8 Å². The van der Waals surface area contributed by atoms with Gasteiger partial charge in [-0.15, -0.1) is 0 Å².